The molecule has 0 saturated heterocycles. The predicted octanol–water partition coefficient (Wildman–Crippen LogP) is 3.92. The highest BCUT2D eigenvalue weighted by atomic mass is 35.5. The molecule has 0 radical (unpaired) electrons. The molecule has 2 nitrogen and oxygen atoms in total. The van der Waals surface area contributed by atoms with Gasteiger partial charge in [-0.1, -0.05) is 17.7 Å². The smallest absolute Gasteiger partial charge is 0.416 e. The largest absolute Gasteiger partial charge is 0.420 e. The van der Waals surface area contributed by atoms with Gasteiger partial charge < -0.3 is 4.74 Å². The van der Waals surface area contributed by atoms with Gasteiger partial charge in [0.05, 0.1) is 5.56 Å². The Morgan fingerprint density at radius 2 is 2.06 bits per heavy atom. The molecule has 6 heteroatoms. The predicted molar refractivity (Wildman–Crippen MR) is 51.6 cm³/mol. The summed E-state index contributed by atoms with van der Waals surface area (Å²) in [4.78, 5) is 0. The van der Waals surface area contributed by atoms with Crippen LogP contribution in [0.4, 0.5) is 13.2 Å². The van der Waals surface area contributed by atoms with E-state index < -0.39 is 17.8 Å². The maximum atomic E-state index is 12.3. The first-order chi connectivity index (χ1) is 7.36. The van der Waals surface area contributed by atoms with Crippen molar-refractivity contribution in [1.82, 2.24) is 0 Å². The summed E-state index contributed by atoms with van der Waals surface area (Å²) in [5.41, 5.74) is -0.485. The van der Waals surface area contributed by atoms with E-state index in [0.717, 1.165) is 12.1 Å². The zero-order chi connectivity index (χ0) is 12.3. The molecule has 0 aliphatic rings. The molecule has 0 fully saturated rings. The van der Waals surface area contributed by atoms with Crippen LogP contribution in [0.25, 0.3) is 0 Å². The molecule has 0 bridgehead atoms. The molecular formula is C10H7ClF3NO. The van der Waals surface area contributed by atoms with Crippen LogP contribution >= 0.6 is 11.6 Å². The minimum atomic E-state index is -4.43. The SMILES string of the molecule is C[C@H](OC#N)c1ccc(C(F)(F)F)cc1Cl. The van der Waals surface area contributed by atoms with Crippen LogP contribution in [-0.4, -0.2) is 0 Å². The summed E-state index contributed by atoms with van der Waals surface area (Å²) in [6.45, 7) is 1.53. The number of nitriles is 1. The maximum absolute atomic E-state index is 12.3. The molecule has 1 aromatic rings. The van der Waals surface area contributed by atoms with Crippen molar-refractivity contribution in [2.45, 2.75) is 19.2 Å². The summed E-state index contributed by atoms with van der Waals surface area (Å²) in [5.74, 6) is 0. The van der Waals surface area contributed by atoms with Crippen LogP contribution in [0.3, 0.4) is 0 Å². The summed E-state index contributed by atoms with van der Waals surface area (Å²) in [7, 11) is 0. The number of halogens is 4. The Hall–Kier alpha value is -1.41. The first-order valence-electron chi connectivity index (χ1n) is 4.27. The monoisotopic (exact) mass is 249 g/mol. The van der Waals surface area contributed by atoms with Crippen molar-refractivity contribution in [2.75, 3.05) is 0 Å². The lowest BCUT2D eigenvalue weighted by Crippen LogP contribution is -2.06. The van der Waals surface area contributed by atoms with Gasteiger partial charge in [0.2, 0.25) is 0 Å². The third-order valence-corrected chi connectivity index (χ3v) is 2.32. The molecule has 0 amide bonds. The Morgan fingerprint density at radius 3 is 2.50 bits per heavy atom. The van der Waals surface area contributed by atoms with E-state index in [2.05, 4.69) is 4.74 Å². The van der Waals surface area contributed by atoms with Gasteiger partial charge in [-0.3, -0.25) is 0 Å². The fourth-order valence-corrected chi connectivity index (χ4v) is 1.51. The average molecular weight is 250 g/mol. The van der Waals surface area contributed by atoms with Gasteiger partial charge in [-0.05, 0) is 19.1 Å². The number of benzene rings is 1. The van der Waals surface area contributed by atoms with E-state index in [1.807, 2.05) is 0 Å². The molecule has 1 aromatic carbocycles. The zero-order valence-corrected chi connectivity index (χ0v) is 8.93. The highest BCUT2D eigenvalue weighted by Gasteiger charge is 2.31. The second kappa shape index (κ2) is 4.62. The van der Waals surface area contributed by atoms with Crippen LogP contribution in [-0.2, 0) is 10.9 Å². The number of alkyl halides is 3. The number of nitrogens with zero attached hydrogens (tertiary/aromatic N) is 1. The van der Waals surface area contributed by atoms with E-state index in [-0.39, 0.29) is 5.02 Å². The number of ether oxygens (including phenoxy) is 1. The highest BCUT2D eigenvalue weighted by molar-refractivity contribution is 6.31. The summed E-state index contributed by atoms with van der Waals surface area (Å²) >= 11 is 5.68. The van der Waals surface area contributed by atoms with Crippen LogP contribution in [0.1, 0.15) is 24.2 Å². The quantitative estimate of drug-likeness (QED) is 0.745. The molecule has 0 aromatic heterocycles. The average Bonchev–Trinajstić information content (AvgIpc) is 2.16. The summed E-state index contributed by atoms with van der Waals surface area (Å²) < 4.78 is 41.5. The molecule has 1 atom stereocenters. The van der Waals surface area contributed by atoms with Crippen molar-refractivity contribution in [1.29, 1.82) is 5.26 Å². The fourth-order valence-electron chi connectivity index (χ4n) is 1.18. The van der Waals surface area contributed by atoms with Crippen molar-refractivity contribution in [3.63, 3.8) is 0 Å². The molecule has 0 aliphatic heterocycles. The Kier molecular flexibility index (Phi) is 3.66. The number of hydrogen-bond donors (Lipinski definition) is 0. The zero-order valence-electron chi connectivity index (χ0n) is 8.18. The first kappa shape index (κ1) is 12.7. The van der Waals surface area contributed by atoms with Crippen LogP contribution in [0, 0.1) is 11.5 Å². The third-order valence-electron chi connectivity index (χ3n) is 2.00. The van der Waals surface area contributed by atoms with Crippen molar-refractivity contribution in [3.05, 3.63) is 34.3 Å². The van der Waals surface area contributed by atoms with Gasteiger partial charge >= 0.3 is 6.18 Å². The van der Waals surface area contributed by atoms with E-state index in [9.17, 15) is 13.2 Å². The molecule has 0 spiro atoms. The Morgan fingerprint density at radius 1 is 1.44 bits per heavy atom. The van der Waals surface area contributed by atoms with Crippen LogP contribution < -0.4 is 0 Å². The molecule has 0 unspecified atom stereocenters. The van der Waals surface area contributed by atoms with E-state index in [0.29, 0.717) is 5.56 Å². The van der Waals surface area contributed by atoms with Gasteiger partial charge in [0.15, 0.2) is 0 Å². The molecule has 16 heavy (non-hydrogen) atoms. The molecule has 0 N–H and O–H groups in total. The van der Waals surface area contributed by atoms with Crippen molar-refractivity contribution in [2.24, 2.45) is 0 Å². The second-order valence-corrected chi connectivity index (χ2v) is 3.49. The second-order valence-electron chi connectivity index (χ2n) is 3.09. The van der Waals surface area contributed by atoms with Gasteiger partial charge in [0.25, 0.3) is 6.26 Å². The third kappa shape index (κ3) is 2.80. The lowest BCUT2D eigenvalue weighted by atomic mass is 10.1. The van der Waals surface area contributed by atoms with Crippen LogP contribution in [0.5, 0.6) is 0 Å². The van der Waals surface area contributed by atoms with E-state index >= 15 is 0 Å². The topological polar surface area (TPSA) is 33.0 Å². The minimum absolute atomic E-state index is 0.0717. The van der Waals surface area contributed by atoms with E-state index in [1.165, 1.54) is 19.2 Å². The highest BCUT2D eigenvalue weighted by Crippen LogP contribution is 2.34. The van der Waals surface area contributed by atoms with Crippen molar-refractivity contribution >= 4 is 11.6 Å². The summed E-state index contributed by atoms with van der Waals surface area (Å²) in [5, 5.41) is 8.21. The van der Waals surface area contributed by atoms with E-state index in [1.54, 1.807) is 0 Å². The van der Waals surface area contributed by atoms with Gasteiger partial charge in [0.1, 0.15) is 6.10 Å². The van der Waals surface area contributed by atoms with Crippen LogP contribution in [0.2, 0.25) is 5.02 Å². The molecule has 1 rings (SSSR count). The Balaban J connectivity index is 3.06. The van der Waals surface area contributed by atoms with Crippen molar-refractivity contribution in [3.8, 4) is 6.26 Å². The lowest BCUT2D eigenvalue weighted by molar-refractivity contribution is -0.137. The summed E-state index contributed by atoms with van der Waals surface area (Å²) in [6, 6.07) is 2.92. The normalized spacial score (nSPS) is 13.0. The standard InChI is InChI=1S/C10H7ClF3NO/c1-6(16-5-15)8-3-2-7(4-9(8)11)10(12,13)14/h2-4,6H,1H3/t6-/m0/s1. The fraction of sp³-hybridized carbons (Fsp3) is 0.300. The lowest BCUT2D eigenvalue weighted by Gasteiger charge is -2.13. The number of hydrogen-bond acceptors (Lipinski definition) is 2. The first-order valence-corrected chi connectivity index (χ1v) is 4.65. The number of rotatable bonds is 2. The molecule has 0 saturated carbocycles. The van der Waals surface area contributed by atoms with Gasteiger partial charge in [-0.15, -0.1) is 0 Å². The molecular weight excluding hydrogens is 243 g/mol. The van der Waals surface area contributed by atoms with E-state index in [4.69, 9.17) is 16.9 Å². The van der Waals surface area contributed by atoms with Gasteiger partial charge in [0, 0.05) is 10.6 Å². The van der Waals surface area contributed by atoms with Crippen LogP contribution in [0.15, 0.2) is 18.2 Å². The minimum Gasteiger partial charge on any atom is -0.420 e. The van der Waals surface area contributed by atoms with Crippen molar-refractivity contribution < 1.29 is 17.9 Å². The van der Waals surface area contributed by atoms with Gasteiger partial charge in [-0.2, -0.15) is 18.4 Å². The Labute approximate surface area is 95.2 Å². The molecule has 86 valence electrons. The molecule has 0 heterocycles. The summed E-state index contributed by atoms with van der Waals surface area (Å²) in [6.07, 6.45) is -3.64. The molecule has 0 aliphatic carbocycles. The maximum Gasteiger partial charge on any atom is 0.416 e. The van der Waals surface area contributed by atoms with Gasteiger partial charge in [-0.25, -0.2) is 0 Å². The Bertz CT molecular complexity index is 425.